The summed E-state index contributed by atoms with van der Waals surface area (Å²) in [6.07, 6.45) is 0. The van der Waals surface area contributed by atoms with E-state index in [9.17, 15) is 19.2 Å². The van der Waals surface area contributed by atoms with Gasteiger partial charge in [-0.1, -0.05) is 79.7 Å². The molecule has 0 saturated carbocycles. The van der Waals surface area contributed by atoms with Crippen LogP contribution in [0.1, 0.15) is 96.8 Å². The Balaban J connectivity index is 0.000000400. The molecule has 8 nitrogen and oxygen atoms in total. The summed E-state index contributed by atoms with van der Waals surface area (Å²) in [5.74, 6) is -0.964. The summed E-state index contributed by atoms with van der Waals surface area (Å²) >= 11 is 0. The summed E-state index contributed by atoms with van der Waals surface area (Å²) in [5, 5.41) is 0. The van der Waals surface area contributed by atoms with Crippen LogP contribution in [0.3, 0.4) is 0 Å². The minimum atomic E-state index is -0.490. The van der Waals surface area contributed by atoms with E-state index >= 15 is 0 Å². The van der Waals surface area contributed by atoms with Gasteiger partial charge in [-0.2, -0.15) is 0 Å². The van der Waals surface area contributed by atoms with Gasteiger partial charge in [-0.05, 0) is 47.9 Å². The fourth-order valence-electron chi connectivity index (χ4n) is 2.96. The summed E-state index contributed by atoms with van der Waals surface area (Å²) in [4.78, 5) is 47.9. The second-order valence-electron chi connectivity index (χ2n) is 11.1. The van der Waals surface area contributed by atoms with E-state index in [1.807, 2.05) is 55.4 Å². The van der Waals surface area contributed by atoms with Crippen LogP contribution in [0.2, 0.25) is 0 Å². The summed E-state index contributed by atoms with van der Waals surface area (Å²) in [6.45, 7) is 16.9. The maximum Gasteiger partial charge on any atom is 0.339 e. The van der Waals surface area contributed by atoms with Crippen LogP contribution in [0.5, 0.6) is 0 Å². The fourth-order valence-corrected chi connectivity index (χ4v) is 2.96. The first-order valence-corrected chi connectivity index (χ1v) is 13.7. The standard InChI is InChI=1S/2C16H22O4/c2*1-11(2)9-19-15(17)13-7-5-6-8-14(13)16(18)20-10-12(3)4/h2*5-8,11-12H,9-10H2,1-4H3. The highest BCUT2D eigenvalue weighted by Crippen LogP contribution is 2.14. The van der Waals surface area contributed by atoms with Gasteiger partial charge in [-0.15, -0.1) is 0 Å². The molecule has 0 N–H and O–H groups in total. The Labute approximate surface area is 238 Å². The van der Waals surface area contributed by atoms with Gasteiger partial charge in [0.15, 0.2) is 0 Å². The highest BCUT2D eigenvalue weighted by molar-refractivity contribution is 6.03. The maximum atomic E-state index is 12.0. The topological polar surface area (TPSA) is 105 Å². The van der Waals surface area contributed by atoms with Crippen molar-refractivity contribution in [3.63, 3.8) is 0 Å². The summed E-state index contributed by atoms with van der Waals surface area (Å²) in [6, 6.07) is 13.1. The molecule has 8 heteroatoms. The Kier molecular flexibility index (Phi) is 15.3. The molecule has 0 atom stereocenters. The van der Waals surface area contributed by atoms with Crippen LogP contribution >= 0.6 is 0 Å². The molecule has 0 bridgehead atoms. The second kappa shape index (κ2) is 17.8. The second-order valence-corrected chi connectivity index (χ2v) is 11.1. The molecule has 2 rings (SSSR count). The number of benzene rings is 2. The molecule has 0 saturated heterocycles. The summed E-state index contributed by atoms with van der Waals surface area (Å²) < 4.78 is 20.6. The molecule has 0 aromatic heterocycles. The molecule has 40 heavy (non-hydrogen) atoms. The molecule has 0 radical (unpaired) electrons. The predicted molar refractivity (Wildman–Crippen MR) is 153 cm³/mol. The van der Waals surface area contributed by atoms with E-state index in [0.717, 1.165) is 0 Å². The van der Waals surface area contributed by atoms with Crippen molar-refractivity contribution in [2.24, 2.45) is 23.7 Å². The van der Waals surface area contributed by atoms with Gasteiger partial charge >= 0.3 is 23.9 Å². The van der Waals surface area contributed by atoms with Crippen molar-refractivity contribution in [2.75, 3.05) is 26.4 Å². The molecule has 0 unspecified atom stereocenters. The number of rotatable bonds is 12. The lowest BCUT2D eigenvalue weighted by Crippen LogP contribution is -2.17. The number of carbonyl (C=O) groups is 4. The Morgan fingerprint density at radius 1 is 0.425 bits per heavy atom. The van der Waals surface area contributed by atoms with Gasteiger partial charge in [0.1, 0.15) is 0 Å². The van der Waals surface area contributed by atoms with Crippen LogP contribution in [0.25, 0.3) is 0 Å². The zero-order valence-corrected chi connectivity index (χ0v) is 25.0. The lowest BCUT2D eigenvalue weighted by molar-refractivity contribution is 0.0412. The van der Waals surface area contributed by atoms with Gasteiger partial charge in [-0.3, -0.25) is 0 Å². The lowest BCUT2D eigenvalue weighted by atomic mass is 10.1. The number of carbonyl (C=O) groups excluding carboxylic acids is 4. The first-order valence-electron chi connectivity index (χ1n) is 13.7. The van der Waals surface area contributed by atoms with Gasteiger partial charge in [0, 0.05) is 0 Å². The van der Waals surface area contributed by atoms with E-state index in [4.69, 9.17) is 18.9 Å². The molecule has 0 aliphatic rings. The molecule has 0 amide bonds. The first-order chi connectivity index (χ1) is 18.8. The van der Waals surface area contributed by atoms with Gasteiger partial charge in [-0.25, -0.2) is 19.2 Å². The largest absolute Gasteiger partial charge is 0.462 e. The van der Waals surface area contributed by atoms with Crippen LogP contribution in [0.15, 0.2) is 48.5 Å². The minimum Gasteiger partial charge on any atom is -0.462 e. The zero-order valence-electron chi connectivity index (χ0n) is 25.0. The van der Waals surface area contributed by atoms with Crippen molar-refractivity contribution in [2.45, 2.75) is 55.4 Å². The predicted octanol–water partition coefficient (Wildman–Crippen LogP) is 6.62. The van der Waals surface area contributed by atoms with Crippen molar-refractivity contribution < 1.29 is 38.1 Å². The van der Waals surface area contributed by atoms with Crippen LogP contribution in [-0.2, 0) is 18.9 Å². The molecule has 220 valence electrons. The quantitative estimate of drug-likeness (QED) is 0.212. The third-order valence-corrected chi connectivity index (χ3v) is 4.92. The smallest absolute Gasteiger partial charge is 0.339 e. The molecular formula is C32H44O8. The summed E-state index contributed by atoms with van der Waals surface area (Å²) in [7, 11) is 0. The average Bonchev–Trinajstić information content (AvgIpc) is 2.92. The first kappa shape index (κ1) is 34.3. The van der Waals surface area contributed by atoms with Crippen LogP contribution in [0.4, 0.5) is 0 Å². The third-order valence-electron chi connectivity index (χ3n) is 4.92. The molecule has 0 aliphatic heterocycles. The van der Waals surface area contributed by atoms with E-state index in [1.165, 1.54) is 0 Å². The minimum absolute atomic E-state index is 0.249. The van der Waals surface area contributed by atoms with Gasteiger partial charge in [0.2, 0.25) is 0 Å². The van der Waals surface area contributed by atoms with Gasteiger partial charge < -0.3 is 18.9 Å². The van der Waals surface area contributed by atoms with Crippen molar-refractivity contribution in [1.29, 1.82) is 0 Å². The average molecular weight is 557 g/mol. The lowest BCUT2D eigenvalue weighted by Gasteiger charge is -2.11. The molecule has 0 heterocycles. The van der Waals surface area contributed by atoms with Crippen molar-refractivity contribution in [1.82, 2.24) is 0 Å². The zero-order chi connectivity index (χ0) is 30.2. The number of hydrogen-bond acceptors (Lipinski definition) is 8. The Bertz CT molecular complexity index is 928. The highest BCUT2D eigenvalue weighted by atomic mass is 16.5. The Morgan fingerprint density at radius 3 is 0.750 bits per heavy atom. The third kappa shape index (κ3) is 12.9. The van der Waals surface area contributed by atoms with Gasteiger partial charge in [0.25, 0.3) is 0 Å². The Morgan fingerprint density at radius 2 is 0.600 bits per heavy atom. The molecule has 2 aromatic carbocycles. The van der Waals surface area contributed by atoms with Crippen LogP contribution in [0, 0.1) is 23.7 Å². The Hall–Kier alpha value is -3.68. The van der Waals surface area contributed by atoms with E-state index in [0.29, 0.717) is 26.4 Å². The number of hydrogen-bond donors (Lipinski definition) is 0. The maximum absolute atomic E-state index is 12.0. The van der Waals surface area contributed by atoms with Crippen LogP contribution < -0.4 is 0 Å². The monoisotopic (exact) mass is 556 g/mol. The summed E-state index contributed by atoms with van der Waals surface area (Å²) in [5.41, 5.74) is 1.01. The van der Waals surface area contributed by atoms with Gasteiger partial charge in [0.05, 0.1) is 48.7 Å². The molecule has 0 spiro atoms. The van der Waals surface area contributed by atoms with E-state index in [2.05, 4.69) is 0 Å². The molecule has 2 aromatic rings. The van der Waals surface area contributed by atoms with Crippen molar-refractivity contribution >= 4 is 23.9 Å². The molecule has 0 aliphatic carbocycles. The molecular weight excluding hydrogens is 512 g/mol. The normalized spacial score (nSPS) is 10.7. The van der Waals surface area contributed by atoms with E-state index < -0.39 is 23.9 Å². The molecule has 0 fully saturated rings. The highest BCUT2D eigenvalue weighted by Gasteiger charge is 2.20. The van der Waals surface area contributed by atoms with Crippen molar-refractivity contribution in [3.8, 4) is 0 Å². The number of ether oxygens (including phenoxy) is 4. The van der Waals surface area contributed by atoms with E-state index in [1.54, 1.807) is 48.5 Å². The van der Waals surface area contributed by atoms with E-state index in [-0.39, 0.29) is 45.9 Å². The van der Waals surface area contributed by atoms with Crippen molar-refractivity contribution in [3.05, 3.63) is 70.8 Å². The SMILES string of the molecule is CC(C)COC(=O)c1ccccc1C(=O)OCC(C)C.CC(C)COC(=O)c1ccccc1C(=O)OCC(C)C. The fraction of sp³-hybridized carbons (Fsp3) is 0.500. The van der Waals surface area contributed by atoms with Crippen LogP contribution in [-0.4, -0.2) is 50.3 Å². The number of esters is 4.